The molecular formula is C15H15NOS. The molecule has 18 heavy (non-hydrogen) atoms. The van der Waals surface area contributed by atoms with Gasteiger partial charge in [-0.3, -0.25) is 0 Å². The third kappa shape index (κ3) is 4.01. The zero-order valence-electron chi connectivity index (χ0n) is 10.1. The van der Waals surface area contributed by atoms with Gasteiger partial charge in [-0.2, -0.15) is 0 Å². The van der Waals surface area contributed by atoms with Crippen LogP contribution in [0.3, 0.4) is 0 Å². The molecule has 2 rings (SSSR count). The summed E-state index contributed by atoms with van der Waals surface area (Å²) in [5.74, 6) is 5.83. The molecule has 0 aliphatic heterocycles. The first kappa shape index (κ1) is 12.8. The summed E-state index contributed by atoms with van der Waals surface area (Å²) in [6, 6.07) is 12.2. The molecular weight excluding hydrogens is 242 g/mol. The van der Waals surface area contributed by atoms with E-state index in [2.05, 4.69) is 23.3 Å². The van der Waals surface area contributed by atoms with Gasteiger partial charge in [-0.15, -0.1) is 11.3 Å². The Labute approximate surface area is 111 Å². The first-order chi connectivity index (χ1) is 8.88. The molecule has 0 amide bonds. The highest BCUT2D eigenvalue weighted by molar-refractivity contribution is 7.09. The fourth-order valence-corrected chi connectivity index (χ4v) is 2.14. The van der Waals surface area contributed by atoms with Crippen LogP contribution in [0, 0.1) is 11.8 Å². The average Bonchev–Trinajstić information content (AvgIpc) is 2.91. The molecule has 1 aromatic heterocycles. The Morgan fingerprint density at radius 1 is 1.11 bits per heavy atom. The Bertz CT molecular complexity index is 520. The number of ether oxygens (including phenoxy) is 1. The molecule has 0 unspecified atom stereocenters. The van der Waals surface area contributed by atoms with Crippen molar-refractivity contribution in [2.45, 2.75) is 13.2 Å². The predicted molar refractivity (Wildman–Crippen MR) is 75.2 cm³/mol. The van der Waals surface area contributed by atoms with E-state index >= 15 is 0 Å². The third-order valence-corrected chi connectivity index (χ3v) is 3.23. The van der Waals surface area contributed by atoms with Crippen LogP contribution in [0.15, 0.2) is 41.8 Å². The van der Waals surface area contributed by atoms with Gasteiger partial charge in [-0.1, -0.05) is 30.0 Å². The summed E-state index contributed by atoms with van der Waals surface area (Å²) in [7, 11) is 0. The van der Waals surface area contributed by atoms with Crippen LogP contribution in [0.4, 0.5) is 0 Å². The van der Waals surface area contributed by atoms with E-state index in [-0.39, 0.29) is 0 Å². The van der Waals surface area contributed by atoms with Crippen LogP contribution in [-0.2, 0) is 18.0 Å². The highest BCUT2D eigenvalue weighted by atomic mass is 32.1. The van der Waals surface area contributed by atoms with E-state index in [0.717, 1.165) is 11.1 Å². The molecule has 0 spiro atoms. The van der Waals surface area contributed by atoms with E-state index in [1.54, 1.807) is 11.3 Å². The first-order valence-electron chi connectivity index (χ1n) is 5.76. The Hall–Kier alpha value is -1.60. The third-order valence-electron chi connectivity index (χ3n) is 2.38. The molecule has 0 aliphatic carbocycles. The second kappa shape index (κ2) is 6.97. The van der Waals surface area contributed by atoms with Gasteiger partial charge in [0.1, 0.15) is 0 Å². The zero-order chi connectivity index (χ0) is 12.6. The number of hydrogen-bond donors (Lipinski definition) is 1. The fourth-order valence-electron chi connectivity index (χ4n) is 1.50. The van der Waals surface area contributed by atoms with Crippen molar-refractivity contribution < 1.29 is 4.74 Å². The van der Waals surface area contributed by atoms with Crippen molar-refractivity contribution in [2.75, 3.05) is 6.54 Å². The lowest BCUT2D eigenvalue weighted by Gasteiger charge is -2.03. The lowest BCUT2D eigenvalue weighted by atomic mass is 10.1. The molecule has 3 heteroatoms. The largest absolute Gasteiger partial charge is 0.371 e. The number of hydrogen-bond acceptors (Lipinski definition) is 3. The highest BCUT2D eigenvalue weighted by Crippen LogP contribution is 2.11. The van der Waals surface area contributed by atoms with Crippen molar-refractivity contribution >= 4 is 11.3 Å². The number of rotatable bonds is 4. The maximum atomic E-state index is 5.64. The lowest BCUT2D eigenvalue weighted by Crippen LogP contribution is -1.94. The van der Waals surface area contributed by atoms with Gasteiger partial charge in [0.15, 0.2) is 0 Å². The summed E-state index contributed by atoms with van der Waals surface area (Å²) in [4.78, 5) is 1.25. The summed E-state index contributed by atoms with van der Waals surface area (Å²) in [5, 5.41) is 2.06. The molecule has 1 heterocycles. The Morgan fingerprint density at radius 3 is 2.61 bits per heavy atom. The first-order valence-corrected chi connectivity index (χ1v) is 6.64. The van der Waals surface area contributed by atoms with Gasteiger partial charge in [0.25, 0.3) is 0 Å². The Balaban J connectivity index is 1.83. The maximum Gasteiger partial charge on any atom is 0.0813 e. The van der Waals surface area contributed by atoms with Crippen LogP contribution in [0.2, 0.25) is 0 Å². The monoisotopic (exact) mass is 257 g/mol. The number of nitrogens with two attached hydrogens (primary N) is 1. The Morgan fingerprint density at radius 2 is 1.94 bits per heavy atom. The molecule has 0 saturated heterocycles. The molecule has 2 aromatic rings. The van der Waals surface area contributed by atoms with E-state index in [4.69, 9.17) is 10.5 Å². The molecule has 0 bridgehead atoms. The molecule has 2 nitrogen and oxygen atoms in total. The average molecular weight is 257 g/mol. The summed E-state index contributed by atoms with van der Waals surface area (Å²) in [6.45, 7) is 1.70. The number of benzene rings is 1. The summed E-state index contributed by atoms with van der Waals surface area (Å²) < 4.78 is 5.64. The summed E-state index contributed by atoms with van der Waals surface area (Å²) in [6.07, 6.45) is 0. The molecule has 2 N–H and O–H groups in total. The van der Waals surface area contributed by atoms with E-state index in [1.807, 2.05) is 30.3 Å². The van der Waals surface area contributed by atoms with Crippen LogP contribution >= 0.6 is 11.3 Å². The summed E-state index contributed by atoms with van der Waals surface area (Å²) >= 11 is 1.71. The normalized spacial score (nSPS) is 9.83. The van der Waals surface area contributed by atoms with Gasteiger partial charge in [0.05, 0.1) is 19.8 Å². The van der Waals surface area contributed by atoms with Gasteiger partial charge in [-0.25, -0.2) is 0 Å². The number of thiophene rings is 1. The van der Waals surface area contributed by atoms with Crippen molar-refractivity contribution in [3.05, 3.63) is 57.8 Å². The zero-order valence-corrected chi connectivity index (χ0v) is 10.9. The van der Waals surface area contributed by atoms with Crippen molar-refractivity contribution in [1.82, 2.24) is 0 Å². The van der Waals surface area contributed by atoms with Crippen molar-refractivity contribution in [1.29, 1.82) is 0 Å². The molecule has 1 aromatic carbocycles. The Kier molecular flexibility index (Phi) is 4.98. The SMILES string of the molecule is NCC#Cc1ccc(COCc2cccs2)cc1. The van der Waals surface area contributed by atoms with Crippen molar-refractivity contribution in [3.63, 3.8) is 0 Å². The topological polar surface area (TPSA) is 35.2 Å². The predicted octanol–water partition coefficient (Wildman–Crippen LogP) is 2.78. The van der Waals surface area contributed by atoms with Gasteiger partial charge in [0.2, 0.25) is 0 Å². The molecule has 0 radical (unpaired) electrons. The van der Waals surface area contributed by atoms with Crippen LogP contribution < -0.4 is 5.73 Å². The second-order valence-corrected chi connectivity index (χ2v) is 4.81. The minimum absolute atomic E-state index is 0.395. The molecule has 0 aliphatic rings. The maximum absolute atomic E-state index is 5.64. The molecule has 0 fully saturated rings. The highest BCUT2D eigenvalue weighted by Gasteiger charge is 1.96. The molecule has 0 saturated carbocycles. The van der Waals surface area contributed by atoms with Gasteiger partial charge >= 0.3 is 0 Å². The standard InChI is InChI=1S/C15H15NOS/c16-9-1-3-13-5-7-14(8-6-13)11-17-12-15-4-2-10-18-15/h2,4-8,10H,9,11-12,16H2. The summed E-state index contributed by atoms with van der Waals surface area (Å²) in [5.41, 5.74) is 7.47. The van der Waals surface area contributed by atoms with E-state index in [9.17, 15) is 0 Å². The van der Waals surface area contributed by atoms with Crippen LogP contribution in [0.5, 0.6) is 0 Å². The second-order valence-electron chi connectivity index (χ2n) is 3.77. The van der Waals surface area contributed by atoms with Gasteiger partial charge < -0.3 is 10.5 Å². The van der Waals surface area contributed by atoms with E-state index in [1.165, 1.54) is 4.88 Å². The van der Waals surface area contributed by atoms with E-state index in [0.29, 0.717) is 19.8 Å². The quantitative estimate of drug-likeness (QED) is 0.855. The minimum atomic E-state index is 0.395. The van der Waals surface area contributed by atoms with Crippen LogP contribution in [-0.4, -0.2) is 6.54 Å². The van der Waals surface area contributed by atoms with Gasteiger partial charge in [0, 0.05) is 10.4 Å². The fraction of sp³-hybridized carbons (Fsp3) is 0.200. The molecule has 92 valence electrons. The van der Waals surface area contributed by atoms with Gasteiger partial charge in [-0.05, 0) is 29.1 Å². The van der Waals surface area contributed by atoms with Crippen LogP contribution in [0.1, 0.15) is 16.0 Å². The smallest absolute Gasteiger partial charge is 0.0813 e. The van der Waals surface area contributed by atoms with Crippen molar-refractivity contribution in [2.24, 2.45) is 5.73 Å². The molecule has 0 atom stereocenters. The van der Waals surface area contributed by atoms with Crippen LogP contribution in [0.25, 0.3) is 0 Å². The van der Waals surface area contributed by atoms with E-state index < -0.39 is 0 Å². The minimum Gasteiger partial charge on any atom is -0.371 e. The van der Waals surface area contributed by atoms with Crippen molar-refractivity contribution in [3.8, 4) is 11.8 Å². The lowest BCUT2D eigenvalue weighted by molar-refractivity contribution is 0.109.